The van der Waals surface area contributed by atoms with E-state index in [1.54, 1.807) is 31.2 Å². The van der Waals surface area contributed by atoms with Gasteiger partial charge in [-0.15, -0.1) is 0 Å². The fourth-order valence-electron chi connectivity index (χ4n) is 1.99. The molecule has 0 aliphatic carbocycles. The highest BCUT2D eigenvalue weighted by molar-refractivity contribution is 6.35. The van der Waals surface area contributed by atoms with Crippen LogP contribution in [-0.2, 0) is 14.1 Å². The van der Waals surface area contributed by atoms with E-state index in [0.717, 1.165) is 4.57 Å². The van der Waals surface area contributed by atoms with Gasteiger partial charge in [0.1, 0.15) is 5.56 Å². The van der Waals surface area contributed by atoms with Crippen LogP contribution in [0.3, 0.4) is 0 Å². The van der Waals surface area contributed by atoms with Gasteiger partial charge in [0, 0.05) is 25.4 Å². The van der Waals surface area contributed by atoms with Crippen molar-refractivity contribution in [3.8, 4) is 0 Å². The van der Waals surface area contributed by atoms with Crippen molar-refractivity contribution >= 4 is 17.4 Å². The van der Waals surface area contributed by atoms with Crippen molar-refractivity contribution in [2.75, 3.05) is 0 Å². The number of hydrogen-bond donors (Lipinski definition) is 0. The Morgan fingerprint density at radius 3 is 2.30 bits per heavy atom. The molecule has 0 atom stereocenters. The smallest absolute Gasteiger partial charge is 0.300 e. The van der Waals surface area contributed by atoms with Gasteiger partial charge in [-0.05, 0) is 19.1 Å². The number of nitrogens with zero attached hydrogens (tertiary/aromatic N) is 2. The molecule has 0 spiro atoms. The van der Waals surface area contributed by atoms with Gasteiger partial charge >= 0.3 is 5.69 Å². The molecule has 0 saturated heterocycles. The zero-order valence-corrected chi connectivity index (χ0v) is 12.1. The van der Waals surface area contributed by atoms with Gasteiger partial charge < -0.3 is 4.57 Å². The Balaban J connectivity index is 2.78. The van der Waals surface area contributed by atoms with Crippen LogP contribution in [0.15, 0.2) is 33.9 Å². The van der Waals surface area contributed by atoms with Gasteiger partial charge in [-0.2, -0.15) is 0 Å². The Morgan fingerprint density at radius 2 is 1.70 bits per heavy atom. The second-order valence-electron chi connectivity index (χ2n) is 4.48. The van der Waals surface area contributed by atoms with Crippen molar-refractivity contribution < 1.29 is 4.79 Å². The Hall–Kier alpha value is -2.14. The summed E-state index contributed by atoms with van der Waals surface area (Å²) in [5.74, 6) is -0.482. The first kappa shape index (κ1) is 14.3. The molecule has 5 nitrogen and oxygen atoms in total. The summed E-state index contributed by atoms with van der Waals surface area (Å²) >= 11 is 5.99. The molecule has 0 aliphatic heterocycles. The van der Waals surface area contributed by atoms with E-state index >= 15 is 0 Å². The van der Waals surface area contributed by atoms with Crippen LogP contribution in [0.4, 0.5) is 0 Å². The van der Waals surface area contributed by atoms with Crippen molar-refractivity contribution in [2.24, 2.45) is 14.1 Å². The maximum absolute atomic E-state index is 12.5. The monoisotopic (exact) mass is 292 g/mol. The van der Waals surface area contributed by atoms with Crippen LogP contribution in [0.25, 0.3) is 0 Å². The third-order valence-electron chi connectivity index (χ3n) is 3.30. The van der Waals surface area contributed by atoms with Crippen LogP contribution in [0.5, 0.6) is 0 Å². The molecule has 1 heterocycles. The molecule has 0 N–H and O–H groups in total. The minimum Gasteiger partial charge on any atom is -0.300 e. The summed E-state index contributed by atoms with van der Waals surface area (Å²) in [6.07, 6.45) is 0. The lowest BCUT2D eigenvalue weighted by Gasteiger charge is -2.11. The Bertz CT molecular complexity index is 818. The first-order valence-corrected chi connectivity index (χ1v) is 6.30. The average molecular weight is 293 g/mol. The molecule has 0 amide bonds. The fourth-order valence-corrected chi connectivity index (χ4v) is 2.21. The minimum absolute atomic E-state index is 0.0392. The van der Waals surface area contributed by atoms with E-state index in [0.29, 0.717) is 5.69 Å². The van der Waals surface area contributed by atoms with Gasteiger partial charge in [0.05, 0.1) is 5.02 Å². The van der Waals surface area contributed by atoms with Gasteiger partial charge in [0.15, 0.2) is 0 Å². The van der Waals surface area contributed by atoms with Crippen molar-refractivity contribution in [1.29, 1.82) is 0 Å². The summed E-state index contributed by atoms with van der Waals surface area (Å²) in [6.45, 7) is 1.56. The molecule has 20 heavy (non-hydrogen) atoms. The second kappa shape index (κ2) is 5.09. The van der Waals surface area contributed by atoms with Crippen LogP contribution in [0.2, 0.25) is 5.02 Å². The summed E-state index contributed by atoms with van der Waals surface area (Å²) in [6, 6.07) is 6.50. The van der Waals surface area contributed by atoms with Crippen LogP contribution < -0.4 is 11.2 Å². The quantitative estimate of drug-likeness (QED) is 0.783. The molecular weight excluding hydrogens is 280 g/mol. The third-order valence-corrected chi connectivity index (χ3v) is 3.63. The highest BCUT2D eigenvalue weighted by Gasteiger charge is 2.21. The lowest BCUT2D eigenvalue weighted by molar-refractivity contribution is 0.103. The van der Waals surface area contributed by atoms with E-state index in [2.05, 4.69) is 0 Å². The normalized spacial score (nSPS) is 10.6. The standard InChI is InChI=1S/C14H13ClN2O3/c1-8-11(13(19)17(3)14(20)16(8)2)12(18)9-6-4-5-7-10(9)15/h4-7H,1-3H3. The van der Waals surface area contributed by atoms with Gasteiger partial charge in [-0.3, -0.25) is 14.2 Å². The summed E-state index contributed by atoms with van der Waals surface area (Å²) in [4.78, 5) is 36.5. The molecule has 0 aliphatic rings. The molecule has 0 radical (unpaired) electrons. The van der Waals surface area contributed by atoms with E-state index in [1.165, 1.54) is 18.7 Å². The topological polar surface area (TPSA) is 61.1 Å². The summed E-state index contributed by atoms with van der Waals surface area (Å²) in [5.41, 5.74) is -0.558. The number of hydrogen-bond acceptors (Lipinski definition) is 3. The SMILES string of the molecule is Cc1c(C(=O)c2ccccc2Cl)c(=O)n(C)c(=O)n1C. The molecule has 0 unspecified atom stereocenters. The lowest BCUT2D eigenvalue weighted by atomic mass is 10.0. The molecule has 2 aromatic rings. The van der Waals surface area contributed by atoms with Gasteiger partial charge in [0.2, 0.25) is 5.78 Å². The van der Waals surface area contributed by atoms with E-state index in [4.69, 9.17) is 11.6 Å². The zero-order chi connectivity index (χ0) is 15.0. The van der Waals surface area contributed by atoms with Crippen LogP contribution >= 0.6 is 11.6 Å². The molecule has 1 aromatic heterocycles. The first-order valence-electron chi connectivity index (χ1n) is 5.92. The largest absolute Gasteiger partial charge is 0.330 e. The van der Waals surface area contributed by atoms with Crippen molar-refractivity contribution in [1.82, 2.24) is 9.13 Å². The van der Waals surface area contributed by atoms with Crippen LogP contribution in [0, 0.1) is 6.92 Å². The van der Waals surface area contributed by atoms with Gasteiger partial charge in [0.25, 0.3) is 5.56 Å². The summed E-state index contributed by atoms with van der Waals surface area (Å²) in [7, 11) is 2.86. The maximum Gasteiger partial charge on any atom is 0.330 e. The van der Waals surface area contributed by atoms with Gasteiger partial charge in [-0.1, -0.05) is 23.7 Å². The Morgan fingerprint density at radius 1 is 1.10 bits per heavy atom. The molecule has 2 rings (SSSR count). The number of halogens is 1. The molecule has 104 valence electrons. The minimum atomic E-state index is -0.615. The number of carbonyl (C=O) groups excluding carboxylic acids is 1. The number of benzene rings is 1. The molecule has 0 bridgehead atoms. The lowest BCUT2D eigenvalue weighted by Crippen LogP contribution is -2.41. The van der Waals surface area contributed by atoms with Crippen LogP contribution in [-0.4, -0.2) is 14.9 Å². The van der Waals surface area contributed by atoms with E-state index in [9.17, 15) is 14.4 Å². The Kier molecular flexibility index (Phi) is 3.63. The zero-order valence-electron chi connectivity index (χ0n) is 11.3. The van der Waals surface area contributed by atoms with Crippen molar-refractivity contribution in [2.45, 2.75) is 6.92 Å². The molecular formula is C14H13ClN2O3. The fraction of sp³-hybridized carbons (Fsp3) is 0.214. The van der Waals surface area contributed by atoms with E-state index < -0.39 is 17.0 Å². The average Bonchev–Trinajstić information content (AvgIpc) is 2.43. The number of carbonyl (C=O) groups is 1. The van der Waals surface area contributed by atoms with Crippen LogP contribution in [0.1, 0.15) is 21.6 Å². The molecule has 0 saturated carbocycles. The maximum atomic E-state index is 12.5. The van der Waals surface area contributed by atoms with Crippen molar-refractivity contribution in [3.05, 3.63) is 66.9 Å². The highest BCUT2D eigenvalue weighted by atomic mass is 35.5. The molecule has 1 aromatic carbocycles. The second-order valence-corrected chi connectivity index (χ2v) is 4.88. The predicted octanol–water partition coefficient (Wildman–Crippen LogP) is 1.28. The predicted molar refractivity (Wildman–Crippen MR) is 76.5 cm³/mol. The molecule has 0 fully saturated rings. The van der Waals surface area contributed by atoms with Crippen molar-refractivity contribution in [3.63, 3.8) is 0 Å². The van der Waals surface area contributed by atoms with E-state index in [1.807, 2.05) is 0 Å². The van der Waals surface area contributed by atoms with Gasteiger partial charge in [-0.25, -0.2) is 4.79 Å². The number of aromatic nitrogens is 2. The summed E-state index contributed by atoms with van der Waals surface area (Å²) in [5, 5.41) is 0.271. The number of rotatable bonds is 2. The molecule has 6 heteroatoms. The number of ketones is 1. The highest BCUT2D eigenvalue weighted by Crippen LogP contribution is 2.18. The Labute approximate surface area is 120 Å². The first-order chi connectivity index (χ1) is 9.36. The third kappa shape index (κ3) is 2.10. The summed E-state index contributed by atoms with van der Waals surface area (Å²) < 4.78 is 2.18. The van der Waals surface area contributed by atoms with E-state index in [-0.39, 0.29) is 16.1 Å².